The number of nitrogen functional groups attached to an aromatic ring is 1. The van der Waals surface area contributed by atoms with E-state index in [-0.39, 0.29) is 0 Å². The van der Waals surface area contributed by atoms with Gasteiger partial charge in [0.05, 0.1) is 5.56 Å². The summed E-state index contributed by atoms with van der Waals surface area (Å²) in [6, 6.07) is 13.8. The molecule has 0 fully saturated rings. The lowest BCUT2D eigenvalue weighted by molar-refractivity contribution is 1.21. The van der Waals surface area contributed by atoms with E-state index in [1.165, 1.54) is 5.56 Å². The topological polar surface area (TPSA) is 62.7 Å². The van der Waals surface area contributed by atoms with Gasteiger partial charge in [-0.25, -0.2) is 4.98 Å². The molecule has 1 aromatic heterocycles. The van der Waals surface area contributed by atoms with Gasteiger partial charge in [-0.3, -0.25) is 0 Å². The van der Waals surface area contributed by atoms with Gasteiger partial charge in [0.2, 0.25) is 0 Å². The Bertz CT molecular complexity index is 546. The number of nitrogens with two attached hydrogens (primary N) is 1. The highest BCUT2D eigenvalue weighted by molar-refractivity contribution is 7.98. The number of benzene rings is 1. The maximum Gasteiger partial charge on any atom is 0.124 e. The van der Waals surface area contributed by atoms with Gasteiger partial charge in [-0.1, -0.05) is 30.3 Å². The first-order valence-electron chi connectivity index (χ1n) is 5.12. The minimum atomic E-state index is 0.380. The summed E-state index contributed by atoms with van der Waals surface area (Å²) in [7, 11) is 0. The molecule has 0 atom stereocenters. The molecule has 0 bridgehead atoms. The van der Waals surface area contributed by atoms with E-state index in [0.29, 0.717) is 11.4 Å². The van der Waals surface area contributed by atoms with Crippen molar-refractivity contribution < 1.29 is 0 Å². The van der Waals surface area contributed by atoms with Crippen LogP contribution in [0.1, 0.15) is 11.1 Å². The average Bonchev–Trinajstić information content (AvgIpc) is 2.38. The monoisotopic (exact) mass is 241 g/mol. The van der Waals surface area contributed by atoms with Gasteiger partial charge in [-0.15, -0.1) is 11.8 Å². The Morgan fingerprint density at radius 2 is 2.06 bits per heavy atom. The lowest BCUT2D eigenvalue weighted by Crippen LogP contribution is -1.92. The van der Waals surface area contributed by atoms with Crippen LogP contribution in [0.25, 0.3) is 0 Å². The van der Waals surface area contributed by atoms with Gasteiger partial charge in [0, 0.05) is 16.8 Å². The molecule has 0 saturated heterocycles. The van der Waals surface area contributed by atoms with Crippen molar-refractivity contribution in [3.05, 3.63) is 53.7 Å². The lowest BCUT2D eigenvalue weighted by atomic mass is 10.2. The smallest absolute Gasteiger partial charge is 0.124 e. The van der Waals surface area contributed by atoms with Gasteiger partial charge in [-0.05, 0) is 11.6 Å². The number of hydrogen-bond acceptors (Lipinski definition) is 4. The van der Waals surface area contributed by atoms with Gasteiger partial charge in [0.1, 0.15) is 11.9 Å². The third-order valence-electron chi connectivity index (χ3n) is 2.25. The van der Waals surface area contributed by atoms with Crippen molar-refractivity contribution >= 4 is 17.6 Å². The number of rotatable bonds is 3. The molecule has 4 heteroatoms. The van der Waals surface area contributed by atoms with Crippen molar-refractivity contribution in [1.29, 1.82) is 5.26 Å². The molecule has 1 aromatic carbocycles. The number of nitrogens with zero attached hydrogens (tertiary/aromatic N) is 2. The summed E-state index contributed by atoms with van der Waals surface area (Å²) in [5.74, 6) is 1.20. The highest BCUT2D eigenvalue weighted by Crippen LogP contribution is 2.26. The fourth-order valence-electron chi connectivity index (χ4n) is 1.40. The zero-order valence-electron chi connectivity index (χ0n) is 9.13. The van der Waals surface area contributed by atoms with Crippen LogP contribution in [0.4, 0.5) is 5.82 Å². The highest BCUT2D eigenvalue weighted by Gasteiger charge is 2.04. The van der Waals surface area contributed by atoms with E-state index in [0.717, 1.165) is 10.6 Å². The van der Waals surface area contributed by atoms with E-state index in [9.17, 15) is 0 Å². The molecule has 0 aliphatic heterocycles. The summed E-state index contributed by atoms with van der Waals surface area (Å²) in [6.07, 6.45) is 1.65. The molecule has 84 valence electrons. The van der Waals surface area contributed by atoms with Gasteiger partial charge in [0.15, 0.2) is 0 Å². The molecule has 3 nitrogen and oxygen atoms in total. The summed E-state index contributed by atoms with van der Waals surface area (Å²) in [6.45, 7) is 0. The van der Waals surface area contributed by atoms with Crippen LogP contribution in [-0.4, -0.2) is 4.98 Å². The summed E-state index contributed by atoms with van der Waals surface area (Å²) in [4.78, 5) is 4.87. The summed E-state index contributed by atoms with van der Waals surface area (Å²) >= 11 is 1.59. The molecular formula is C13H11N3S. The van der Waals surface area contributed by atoms with Crippen LogP contribution < -0.4 is 5.73 Å². The van der Waals surface area contributed by atoms with Gasteiger partial charge in [0.25, 0.3) is 0 Å². The molecule has 0 aliphatic carbocycles. The Kier molecular flexibility index (Phi) is 3.63. The second-order valence-corrected chi connectivity index (χ2v) is 4.51. The standard InChI is InChI=1S/C13H11N3S/c14-7-11-6-13(15)16-8-12(11)17-9-10-4-2-1-3-5-10/h1-6,8H,9H2,(H2,15,16). The highest BCUT2D eigenvalue weighted by atomic mass is 32.2. The quantitative estimate of drug-likeness (QED) is 0.839. The first-order valence-corrected chi connectivity index (χ1v) is 6.10. The number of hydrogen-bond donors (Lipinski definition) is 1. The van der Waals surface area contributed by atoms with E-state index in [1.807, 2.05) is 18.2 Å². The van der Waals surface area contributed by atoms with Gasteiger partial charge >= 0.3 is 0 Å². The van der Waals surface area contributed by atoms with E-state index in [4.69, 9.17) is 11.0 Å². The molecule has 0 saturated carbocycles. The van der Waals surface area contributed by atoms with E-state index in [2.05, 4.69) is 23.2 Å². The van der Waals surface area contributed by atoms with Crippen LogP contribution in [0.15, 0.2) is 47.5 Å². The molecule has 2 aromatic rings. The average molecular weight is 241 g/mol. The van der Waals surface area contributed by atoms with Crippen molar-refractivity contribution in [3.8, 4) is 6.07 Å². The van der Waals surface area contributed by atoms with Crippen LogP contribution in [0.2, 0.25) is 0 Å². The molecule has 2 N–H and O–H groups in total. The van der Waals surface area contributed by atoms with E-state index < -0.39 is 0 Å². The zero-order valence-corrected chi connectivity index (χ0v) is 9.95. The Hall–Kier alpha value is -1.99. The van der Waals surface area contributed by atoms with Crippen LogP contribution in [0.5, 0.6) is 0 Å². The van der Waals surface area contributed by atoms with E-state index in [1.54, 1.807) is 24.0 Å². The molecular weight excluding hydrogens is 230 g/mol. The molecule has 0 spiro atoms. The molecule has 2 rings (SSSR count). The molecule has 1 heterocycles. The number of thioether (sulfide) groups is 1. The number of pyridine rings is 1. The maximum absolute atomic E-state index is 8.99. The fraction of sp³-hybridized carbons (Fsp3) is 0.0769. The number of aromatic nitrogens is 1. The first-order chi connectivity index (χ1) is 8.29. The third kappa shape index (κ3) is 2.99. The SMILES string of the molecule is N#Cc1cc(N)ncc1SCc1ccccc1. The van der Waals surface area contributed by atoms with Gasteiger partial charge in [-0.2, -0.15) is 5.26 Å². The minimum Gasteiger partial charge on any atom is -0.384 e. The Morgan fingerprint density at radius 3 is 2.76 bits per heavy atom. The molecule has 0 radical (unpaired) electrons. The third-order valence-corrected chi connectivity index (χ3v) is 3.36. The second-order valence-electron chi connectivity index (χ2n) is 3.49. The van der Waals surface area contributed by atoms with E-state index >= 15 is 0 Å². The normalized spacial score (nSPS) is 9.82. The van der Waals surface area contributed by atoms with Crippen molar-refractivity contribution in [2.45, 2.75) is 10.6 Å². The Balaban J connectivity index is 2.12. The lowest BCUT2D eigenvalue weighted by Gasteiger charge is -2.04. The van der Waals surface area contributed by atoms with Crippen LogP contribution in [0, 0.1) is 11.3 Å². The van der Waals surface area contributed by atoms with Gasteiger partial charge < -0.3 is 5.73 Å². The van der Waals surface area contributed by atoms with Crippen molar-refractivity contribution in [2.24, 2.45) is 0 Å². The maximum atomic E-state index is 8.99. The first kappa shape index (κ1) is 11.5. The largest absolute Gasteiger partial charge is 0.384 e. The predicted octanol–water partition coefficient (Wildman–Crippen LogP) is 2.83. The summed E-state index contributed by atoms with van der Waals surface area (Å²) in [5, 5.41) is 8.99. The Labute approximate surface area is 104 Å². The second kappa shape index (κ2) is 5.37. The number of anilines is 1. The van der Waals surface area contributed by atoms with Crippen LogP contribution >= 0.6 is 11.8 Å². The Morgan fingerprint density at radius 1 is 1.29 bits per heavy atom. The molecule has 0 aliphatic rings. The van der Waals surface area contributed by atoms with Crippen molar-refractivity contribution in [3.63, 3.8) is 0 Å². The summed E-state index contributed by atoms with van der Waals surface area (Å²) in [5.41, 5.74) is 7.34. The van der Waals surface area contributed by atoms with Crippen molar-refractivity contribution in [1.82, 2.24) is 4.98 Å². The summed E-state index contributed by atoms with van der Waals surface area (Å²) < 4.78 is 0. The minimum absolute atomic E-state index is 0.380. The number of nitriles is 1. The van der Waals surface area contributed by atoms with Crippen LogP contribution in [0.3, 0.4) is 0 Å². The fourth-order valence-corrected chi connectivity index (χ4v) is 2.30. The molecule has 0 unspecified atom stereocenters. The van der Waals surface area contributed by atoms with Crippen molar-refractivity contribution in [2.75, 3.05) is 5.73 Å². The predicted molar refractivity (Wildman–Crippen MR) is 69.4 cm³/mol. The molecule has 17 heavy (non-hydrogen) atoms. The zero-order chi connectivity index (χ0) is 12.1. The molecule has 0 amide bonds. The van der Waals surface area contributed by atoms with Crippen LogP contribution in [-0.2, 0) is 5.75 Å².